The molecule has 2 aromatic carbocycles. The van der Waals surface area contributed by atoms with Gasteiger partial charge in [0.15, 0.2) is 11.5 Å². The van der Waals surface area contributed by atoms with Crippen molar-refractivity contribution >= 4 is 0 Å². The molecule has 150 valence electrons. The molecule has 0 fully saturated rings. The van der Waals surface area contributed by atoms with E-state index in [2.05, 4.69) is 29.3 Å². The minimum absolute atomic E-state index is 0.734. The fourth-order valence-corrected chi connectivity index (χ4v) is 2.35. The molecule has 27 heavy (non-hydrogen) atoms. The molecule has 0 amide bonds. The lowest BCUT2D eigenvalue weighted by molar-refractivity contribution is 0.261. The summed E-state index contributed by atoms with van der Waals surface area (Å²) in [6, 6.07) is 14.2. The normalized spacial score (nSPS) is 10.2. The van der Waals surface area contributed by atoms with Crippen molar-refractivity contribution in [2.24, 2.45) is 0 Å². The van der Waals surface area contributed by atoms with E-state index in [1.807, 2.05) is 51.5 Å². The second-order valence-electron chi connectivity index (χ2n) is 6.37. The summed E-state index contributed by atoms with van der Waals surface area (Å²) in [7, 11) is 9.32. The van der Waals surface area contributed by atoms with Crippen LogP contribution in [0.4, 0.5) is 0 Å². The summed E-state index contributed by atoms with van der Waals surface area (Å²) >= 11 is 0. The Morgan fingerprint density at radius 3 is 2.04 bits per heavy atom. The Morgan fingerprint density at radius 2 is 1.52 bits per heavy atom. The van der Waals surface area contributed by atoms with Gasteiger partial charge in [0, 0.05) is 13.1 Å². The first-order valence-electron chi connectivity index (χ1n) is 9.26. The average molecular weight is 375 g/mol. The number of nitrogens with zero attached hydrogens (tertiary/aromatic N) is 1. The molecule has 0 spiro atoms. The Morgan fingerprint density at radius 1 is 0.889 bits per heavy atom. The molecule has 1 N–H and O–H groups in total. The Labute approximate surface area is 164 Å². The Hall–Kier alpha value is -2.24. The number of benzene rings is 2. The van der Waals surface area contributed by atoms with Gasteiger partial charge in [0.1, 0.15) is 12.4 Å². The molecule has 0 saturated heterocycles. The number of methoxy groups -OCH3 is 2. The maximum atomic E-state index is 5.59. The number of rotatable bonds is 9. The summed E-state index contributed by atoms with van der Waals surface area (Å²) < 4.78 is 15.9. The molecule has 0 heterocycles. The maximum Gasteiger partial charge on any atom is 0.160 e. The summed E-state index contributed by atoms with van der Waals surface area (Å²) in [5, 5.41) is 3.11. The first-order chi connectivity index (χ1) is 13.0. The Bertz CT molecular complexity index is 643. The van der Waals surface area contributed by atoms with Crippen LogP contribution in [0.25, 0.3) is 0 Å². The van der Waals surface area contributed by atoms with E-state index in [9.17, 15) is 0 Å². The first kappa shape index (κ1) is 22.8. The van der Waals surface area contributed by atoms with Crippen LogP contribution >= 0.6 is 0 Å². The van der Waals surface area contributed by atoms with Gasteiger partial charge in [-0.3, -0.25) is 0 Å². The average Bonchev–Trinajstić information content (AvgIpc) is 2.69. The molecule has 0 radical (unpaired) electrons. The molecular weight excluding hydrogens is 340 g/mol. The number of hydrogen-bond acceptors (Lipinski definition) is 5. The van der Waals surface area contributed by atoms with Crippen LogP contribution in [-0.2, 0) is 13.0 Å². The van der Waals surface area contributed by atoms with Crippen molar-refractivity contribution in [2.45, 2.75) is 19.9 Å². The standard InChI is InChI=1S/C12H20N2O.C10H14O2/c1-13-10-11-4-6-12(7-5-11)15-9-8-14(2)3;1-4-8-5-6-9(11-2)10(7-8)12-3/h4-7,13H,8-10H2,1-3H3;5-7H,4H2,1-3H3. The highest BCUT2D eigenvalue weighted by Crippen LogP contribution is 2.27. The molecule has 0 aliphatic carbocycles. The summed E-state index contributed by atoms with van der Waals surface area (Å²) in [6.07, 6.45) is 1.01. The Kier molecular flexibility index (Phi) is 11.0. The zero-order chi connectivity index (χ0) is 20.1. The number of ether oxygens (including phenoxy) is 3. The van der Waals surface area contributed by atoms with Crippen molar-refractivity contribution in [3.8, 4) is 17.2 Å². The van der Waals surface area contributed by atoms with Gasteiger partial charge in [-0.15, -0.1) is 0 Å². The van der Waals surface area contributed by atoms with Crippen LogP contribution in [0, 0.1) is 0 Å². The van der Waals surface area contributed by atoms with E-state index in [4.69, 9.17) is 14.2 Å². The third kappa shape index (κ3) is 8.80. The Balaban J connectivity index is 0.000000277. The van der Waals surface area contributed by atoms with E-state index in [0.29, 0.717) is 0 Å². The topological polar surface area (TPSA) is 43.0 Å². The number of likely N-dealkylation sites (N-methyl/N-ethyl adjacent to an activating group) is 1. The highest BCUT2D eigenvalue weighted by atomic mass is 16.5. The molecule has 0 saturated carbocycles. The molecule has 0 aliphatic rings. The minimum Gasteiger partial charge on any atom is -0.493 e. The van der Waals surface area contributed by atoms with Crippen molar-refractivity contribution in [1.29, 1.82) is 0 Å². The third-order valence-electron chi connectivity index (χ3n) is 3.97. The van der Waals surface area contributed by atoms with Crippen molar-refractivity contribution in [1.82, 2.24) is 10.2 Å². The second-order valence-corrected chi connectivity index (χ2v) is 6.37. The highest BCUT2D eigenvalue weighted by molar-refractivity contribution is 5.42. The van der Waals surface area contributed by atoms with Crippen LogP contribution in [-0.4, -0.2) is 53.4 Å². The maximum absolute atomic E-state index is 5.59. The molecule has 0 unspecified atom stereocenters. The second kappa shape index (κ2) is 13.0. The summed E-state index contributed by atoms with van der Waals surface area (Å²) in [4.78, 5) is 2.11. The van der Waals surface area contributed by atoms with Crippen LogP contribution in [0.1, 0.15) is 18.1 Å². The molecule has 2 rings (SSSR count). The van der Waals surface area contributed by atoms with Crippen LogP contribution in [0.2, 0.25) is 0 Å². The molecule has 5 heteroatoms. The first-order valence-corrected chi connectivity index (χ1v) is 9.26. The molecule has 0 atom stereocenters. The van der Waals surface area contributed by atoms with Gasteiger partial charge >= 0.3 is 0 Å². The highest BCUT2D eigenvalue weighted by Gasteiger charge is 2.02. The van der Waals surface area contributed by atoms with Crippen molar-refractivity contribution in [3.63, 3.8) is 0 Å². The van der Waals surface area contributed by atoms with E-state index in [1.165, 1.54) is 11.1 Å². The molecule has 0 bridgehead atoms. The fraction of sp³-hybridized carbons (Fsp3) is 0.455. The predicted molar refractivity (Wildman–Crippen MR) is 112 cm³/mol. The van der Waals surface area contributed by atoms with E-state index >= 15 is 0 Å². The lowest BCUT2D eigenvalue weighted by Gasteiger charge is -2.11. The molecule has 0 aromatic heterocycles. The number of aryl methyl sites for hydroxylation is 1. The zero-order valence-corrected chi connectivity index (χ0v) is 17.5. The van der Waals surface area contributed by atoms with E-state index < -0.39 is 0 Å². The van der Waals surface area contributed by atoms with Gasteiger partial charge in [-0.1, -0.05) is 25.1 Å². The van der Waals surface area contributed by atoms with Crippen LogP contribution in [0.15, 0.2) is 42.5 Å². The van der Waals surface area contributed by atoms with Crippen LogP contribution in [0.5, 0.6) is 17.2 Å². The summed E-state index contributed by atoms with van der Waals surface area (Å²) in [5.41, 5.74) is 2.53. The van der Waals surface area contributed by atoms with E-state index in [0.717, 1.165) is 43.4 Å². The van der Waals surface area contributed by atoms with E-state index in [1.54, 1.807) is 14.2 Å². The molecule has 2 aromatic rings. The minimum atomic E-state index is 0.734. The summed E-state index contributed by atoms with van der Waals surface area (Å²) in [6.45, 7) is 4.69. The van der Waals surface area contributed by atoms with Gasteiger partial charge in [-0.2, -0.15) is 0 Å². The number of nitrogens with one attached hydrogen (secondary N) is 1. The predicted octanol–water partition coefficient (Wildman–Crippen LogP) is 3.61. The lowest BCUT2D eigenvalue weighted by atomic mass is 10.1. The van der Waals surface area contributed by atoms with Gasteiger partial charge in [-0.05, 0) is 63.0 Å². The van der Waals surface area contributed by atoms with Crippen molar-refractivity contribution < 1.29 is 14.2 Å². The van der Waals surface area contributed by atoms with Gasteiger partial charge in [0.25, 0.3) is 0 Å². The monoisotopic (exact) mass is 374 g/mol. The lowest BCUT2D eigenvalue weighted by Crippen LogP contribution is -2.19. The molecule has 5 nitrogen and oxygen atoms in total. The third-order valence-corrected chi connectivity index (χ3v) is 3.97. The van der Waals surface area contributed by atoms with Crippen LogP contribution in [0.3, 0.4) is 0 Å². The van der Waals surface area contributed by atoms with Gasteiger partial charge in [0.05, 0.1) is 14.2 Å². The van der Waals surface area contributed by atoms with Gasteiger partial charge in [0.2, 0.25) is 0 Å². The van der Waals surface area contributed by atoms with Crippen molar-refractivity contribution in [3.05, 3.63) is 53.6 Å². The SMILES string of the molecule is CCc1ccc(OC)c(OC)c1.CNCc1ccc(OCCN(C)C)cc1. The van der Waals surface area contributed by atoms with E-state index in [-0.39, 0.29) is 0 Å². The van der Waals surface area contributed by atoms with Gasteiger partial charge < -0.3 is 24.4 Å². The molecular formula is C22H34N2O3. The van der Waals surface area contributed by atoms with Crippen molar-refractivity contribution in [2.75, 3.05) is 48.5 Å². The quantitative estimate of drug-likeness (QED) is 0.726. The summed E-state index contributed by atoms with van der Waals surface area (Å²) in [5.74, 6) is 2.53. The largest absolute Gasteiger partial charge is 0.493 e. The zero-order valence-electron chi connectivity index (χ0n) is 17.5. The fourth-order valence-electron chi connectivity index (χ4n) is 2.35. The number of hydrogen-bond donors (Lipinski definition) is 1. The molecule has 0 aliphatic heterocycles. The van der Waals surface area contributed by atoms with Crippen LogP contribution < -0.4 is 19.5 Å². The smallest absolute Gasteiger partial charge is 0.160 e. The van der Waals surface area contributed by atoms with Gasteiger partial charge in [-0.25, -0.2) is 0 Å².